The largest absolute Gasteiger partial charge is 0.140 e. The summed E-state index contributed by atoms with van der Waals surface area (Å²) in [6.07, 6.45) is 29.0. The Morgan fingerprint density at radius 3 is 1.40 bits per heavy atom. The molecule has 5 heteroatoms. The van der Waals surface area contributed by atoms with Gasteiger partial charge in [-0.05, 0) is 132 Å². The normalized spacial score (nSPS) is 12.1. The second-order valence-electron chi connectivity index (χ2n) is 18.5. The summed E-state index contributed by atoms with van der Waals surface area (Å²) < 4.78 is 2.80. The molecular weight excluding hydrogens is 881 g/mol. The van der Waals surface area contributed by atoms with Crippen LogP contribution in [0, 0.1) is 13.8 Å². The van der Waals surface area contributed by atoms with E-state index < -0.39 is 0 Å². The van der Waals surface area contributed by atoms with Crippen LogP contribution in [0.2, 0.25) is 0 Å². The molecule has 9 rings (SSSR count). The van der Waals surface area contributed by atoms with Gasteiger partial charge in [-0.2, -0.15) is 0 Å². The summed E-state index contributed by atoms with van der Waals surface area (Å²) in [6.45, 7) is 9.04. The van der Waals surface area contributed by atoms with E-state index in [2.05, 4.69) is 137 Å². The molecule has 0 fully saturated rings. The van der Waals surface area contributed by atoms with E-state index in [9.17, 15) is 0 Å². The van der Waals surface area contributed by atoms with E-state index in [-0.39, 0.29) is 0 Å². The summed E-state index contributed by atoms with van der Waals surface area (Å²) >= 11 is 9.84. The molecule has 0 unspecified atom stereocenters. The minimum atomic E-state index is 1.16. The maximum absolute atomic E-state index is 2.54. The fraction of sp³-hybridized carbons (Fsp3) is 0.367. The number of hydrogen-bond acceptors (Lipinski definition) is 5. The summed E-state index contributed by atoms with van der Waals surface area (Å²) in [4.78, 5) is 11.3. The number of unbranched alkanes of at least 4 members (excludes halogenated alkanes) is 14. The van der Waals surface area contributed by atoms with E-state index in [0.29, 0.717) is 0 Å². The minimum Gasteiger partial charge on any atom is -0.140 e. The van der Waals surface area contributed by atoms with Crippen LogP contribution < -0.4 is 0 Å². The fourth-order valence-corrected chi connectivity index (χ4v) is 15.3. The van der Waals surface area contributed by atoms with Crippen LogP contribution in [0.15, 0.2) is 97.1 Å². The molecule has 4 aromatic carbocycles. The predicted octanol–water partition coefficient (Wildman–Crippen LogP) is 21.8. The van der Waals surface area contributed by atoms with Crippen LogP contribution in [-0.2, 0) is 12.8 Å². The first-order valence-electron chi connectivity index (χ1n) is 24.8. The van der Waals surface area contributed by atoms with Gasteiger partial charge >= 0.3 is 0 Å². The van der Waals surface area contributed by atoms with Gasteiger partial charge in [-0.15, -0.1) is 56.7 Å². The zero-order valence-corrected chi connectivity index (χ0v) is 43.2. The van der Waals surface area contributed by atoms with Gasteiger partial charge in [-0.3, -0.25) is 0 Å². The minimum absolute atomic E-state index is 1.16. The molecule has 0 aliphatic heterocycles. The lowest BCUT2D eigenvalue weighted by Crippen LogP contribution is -1.87. The number of benzene rings is 4. The molecule has 9 aromatic rings. The van der Waals surface area contributed by atoms with Gasteiger partial charge in [0.05, 0.1) is 0 Å². The monoisotopic (exact) mass is 946 g/mol. The lowest BCUT2D eigenvalue weighted by Gasteiger charge is -2.03. The highest BCUT2D eigenvalue weighted by Crippen LogP contribution is 2.45. The number of fused-ring (bicyclic) bond motifs is 7. The molecule has 5 aromatic heterocycles. The molecule has 0 saturated carbocycles. The second-order valence-corrected chi connectivity index (χ2v) is 24.1. The molecule has 0 spiro atoms. The highest BCUT2D eigenvalue weighted by atomic mass is 32.1. The SMILES string of the molecule is CCCCCCCCCCc1cc(-c2ccc(C)s2)sc1/C=C/c1sc(-c2ccc(-c3ccc4c(ccc5c6ccc7cc(C)ccc7c6sc45)c3)s2)cc1CCCCCCCCCC. The Hall–Kier alpha value is -3.84. The van der Waals surface area contributed by atoms with Crippen LogP contribution in [0.3, 0.4) is 0 Å². The van der Waals surface area contributed by atoms with Gasteiger partial charge in [0, 0.05) is 59.2 Å². The van der Waals surface area contributed by atoms with Crippen LogP contribution in [0.4, 0.5) is 0 Å². The van der Waals surface area contributed by atoms with Gasteiger partial charge in [0.15, 0.2) is 0 Å². The average Bonchev–Trinajstić information content (AvgIpc) is 4.18. The first kappa shape index (κ1) is 46.3. The highest BCUT2D eigenvalue weighted by Gasteiger charge is 2.16. The third-order valence-corrected chi connectivity index (χ3v) is 19.5. The standard InChI is InChI=1S/C60H66S5/c1-5-7-9-11-13-15-17-19-21-45-39-57(55-32-24-42(4)61-55)63-52(45)33-34-53-46(22-20-18-16-14-12-10-8-6-2)40-58(64-53)56-36-35-54(62-56)47-27-29-49-44(38-47)26-31-51-50-30-25-43-37-41(3)23-28-48(43)59(50)65-60(49)51/h23-40H,5-22H2,1-4H3/b34-33+. The molecule has 0 bridgehead atoms. The van der Waals surface area contributed by atoms with E-state index in [1.165, 1.54) is 212 Å². The lowest BCUT2D eigenvalue weighted by atomic mass is 10.0. The van der Waals surface area contributed by atoms with Crippen LogP contribution in [0.5, 0.6) is 0 Å². The van der Waals surface area contributed by atoms with Gasteiger partial charge in [0.25, 0.3) is 0 Å². The first-order valence-corrected chi connectivity index (χ1v) is 28.9. The zero-order valence-electron chi connectivity index (χ0n) is 39.2. The summed E-state index contributed by atoms with van der Waals surface area (Å²) in [7, 11) is 0. The van der Waals surface area contributed by atoms with Crippen LogP contribution in [0.25, 0.3) is 83.8 Å². The maximum atomic E-state index is 2.54. The smallest absolute Gasteiger partial charge is 0.0452 e. The van der Waals surface area contributed by atoms with Crippen LogP contribution in [0.1, 0.15) is 148 Å². The topological polar surface area (TPSA) is 0 Å². The summed E-state index contributed by atoms with van der Waals surface area (Å²) in [5.41, 5.74) is 5.69. The van der Waals surface area contributed by atoms with Crippen molar-refractivity contribution in [3.05, 3.63) is 128 Å². The van der Waals surface area contributed by atoms with Crippen molar-refractivity contribution in [1.29, 1.82) is 0 Å². The number of thiophene rings is 5. The maximum Gasteiger partial charge on any atom is 0.0452 e. The number of aryl methyl sites for hydroxylation is 4. The summed E-state index contributed by atoms with van der Waals surface area (Å²) in [5.74, 6) is 0. The van der Waals surface area contributed by atoms with Crippen LogP contribution >= 0.6 is 56.7 Å². The van der Waals surface area contributed by atoms with E-state index in [1.807, 2.05) is 56.7 Å². The quantitative estimate of drug-likeness (QED) is 0.0561. The number of hydrogen-bond donors (Lipinski definition) is 0. The van der Waals surface area contributed by atoms with Crippen molar-refractivity contribution in [2.45, 2.75) is 143 Å². The number of rotatable bonds is 23. The fourth-order valence-electron chi connectivity index (χ4n) is 9.67. The van der Waals surface area contributed by atoms with E-state index in [4.69, 9.17) is 0 Å². The van der Waals surface area contributed by atoms with Gasteiger partial charge in [0.1, 0.15) is 0 Å². The van der Waals surface area contributed by atoms with E-state index in [0.717, 1.165) is 6.42 Å². The molecule has 0 atom stereocenters. The Labute approximate surface area is 409 Å². The first-order chi connectivity index (χ1) is 31.9. The molecular formula is C60H66S5. The molecule has 0 nitrogen and oxygen atoms in total. The van der Waals surface area contributed by atoms with Gasteiger partial charge in [0.2, 0.25) is 0 Å². The Bertz CT molecular complexity index is 3010. The summed E-state index contributed by atoms with van der Waals surface area (Å²) in [5, 5.41) is 8.11. The molecule has 0 amide bonds. The van der Waals surface area contributed by atoms with Crippen molar-refractivity contribution in [1.82, 2.24) is 0 Å². The van der Waals surface area contributed by atoms with Crippen LogP contribution in [-0.4, -0.2) is 0 Å². The molecule has 5 heterocycles. The van der Waals surface area contributed by atoms with Crippen molar-refractivity contribution < 1.29 is 0 Å². The molecule has 0 N–H and O–H groups in total. The Morgan fingerprint density at radius 2 is 0.846 bits per heavy atom. The zero-order chi connectivity index (χ0) is 44.5. The van der Waals surface area contributed by atoms with Gasteiger partial charge in [-0.25, -0.2) is 0 Å². The lowest BCUT2D eigenvalue weighted by molar-refractivity contribution is 0.575. The van der Waals surface area contributed by atoms with Crippen molar-refractivity contribution in [2.75, 3.05) is 0 Å². The van der Waals surface area contributed by atoms with Gasteiger partial charge in [-0.1, -0.05) is 164 Å². The molecule has 0 aliphatic rings. The molecule has 0 saturated heterocycles. The molecule has 336 valence electrons. The van der Waals surface area contributed by atoms with Crippen molar-refractivity contribution >= 4 is 111 Å². The molecule has 65 heavy (non-hydrogen) atoms. The second kappa shape index (κ2) is 22.3. The van der Waals surface area contributed by atoms with E-state index in [1.54, 1.807) is 0 Å². The average molecular weight is 948 g/mol. The van der Waals surface area contributed by atoms with Crippen molar-refractivity contribution in [3.63, 3.8) is 0 Å². The Kier molecular flexibility index (Phi) is 15.9. The van der Waals surface area contributed by atoms with Gasteiger partial charge < -0.3 is 0 Å². The predicted molar refractivity (Wildman–Crippen MR) is 300 cm³/mol. The Morgan fingerprint density at radius 1 is 0.369 bits per heavy atom. The van der Waals surface area contributed by atoms with E-state index >= 15 is 0 Å². The Balaban J connectivity index is 0.965. The van der Waals surface area contributed by atoms with Crippen molar-refractivity contribution in [2.24, 2.45) is 0 Å². The highest BCUT2D eigenvalue weighted by molar-refractivity contribution is 7.27. The third kappa shape index (κ3) is 11.1. The summed E-state index contributed by atoms with van der Waals surface area (Å²) in [6, 6.07) is 37.8. The molecule has 0 radical (unpaired) electrons. The van der Waals surface area contributed by atoms with Crippen molar-refractivity contribution in [3.8, 4) is 29.9 Å². The third-order valence-electron chi connectivity index (χ3n) is 13.4. The molecule has 0 aliphatic carbocycles.